The third-order valence-electron chi connectivity index (χ3n) is 3.75. The summed E-state index contributed by atoms with van der Waals surface area (Å²) in [4.78, 5) is 0. The molecule has 0 radical (unpaired) electrons. The first-order chi connectivity index (χ1) is 8.75. The summed E-state index contributed by atoms with van der Waals surface area (Å²) < 4.78 is 0. The Hall–Kier alpha value is -1.16. The summed E-state index contributed by atoms with van der Waals surface area (Å²) in [6, 6.07) is 11.6. The minimum atomic E-state index is 0.174. The Balaban J connectivity index is 1.79. The van der Waals surface area contributed by atoms with E-state index in [4.69, 9.17) is 5.73 Å². The number of thiophene rings is 1. The van der Waals surface area contributed by atoms with Crippen LogP contribution in [0, 0.1) is 0 Å². The zero-order valence-corrected chi connectivity index (χ0v) is 11.3. The fourth-order valence-corrected chi connectivity index (χ4v) is 3.51. The molecule has 2 nitrogen and oxygen atoms in total. The molecule has 94 valence electrons. The van der Waals surface area contributed by atoms with Crippen LogP contribution in [0.1, 0.15) is 48.2 Å². The van der Waals surface area contributed by atoms with E-state index in [9.17, 15) is 0 Å². The molecule has 1 aromatic carbocycles. The molecule has 0 saturated heterocycles. The predicted molar refractivity (Wildman–Crippen MR) is 76.6 cm³/mol. The molecule has 1 heterocycles. The summed E-state index contributed by atoms with van der Waals surface area (Å²) in [6.07, 6.45) is 0.994. The molecule has 3 N–H and O–H groups in total. The minimum Gasteiger partial charge on any atom is -0.324 e. The van der Waals surface area contributed by atoms with Crippen LogP contribution in [0.3, 0.4) is 0 Å². The second kappa shape index (κ2) is 4.84. The highest BCUT2D eigenvalue weighted by Gasteiger charge is 2.28. The Morgan fingerprint density at radius 3 is 2.78 bits per heavy atom. The number of nitrogens with one attached hydrogen (secondary N) is 1. The SMILES string of the molecule is CC(NC1CC(N)c2ccccc21)c1ccsc1. The van der Waals surface area contributed by atoms with Gasteiger partial charge in [0.15, 0.2) is 0 Å². The lowest BCUT2D eigenvalue weighted by atomic mass is 10.1. The maximum Gasteiger partial charge on any atom is 0.0347 e. The molecule has 0 fully saturated rings. The van der Waals surface area contributed by atoms with Crippen molar-refractivity contribution < 1.29 is 0 Å². The van der Waals surface area contributed by atoms with Gasteiger partial charge in [-0.3, -0.25) is 0 Å². The van der Waals surface area contributed by atoms with Gasteiger partial charge in [-0.05, 0) is 46.9 Å². The summed E-state index contributed by atoms with van der Waals surface area (Å²) >= 11 is 1.75. The highest BCUT2D eigenvalue weighted by molar-refractivity contribution is 7.07. The second-order valence-electron chi connectivity index (χ2n) is 4.97. The van der Waals surface area contributed by atoms with Crippen molar-refractivity contribution in [1.29, 1.82) is 0 Å². The molecule has 2 aromatic rings. The van der Waals surface area contributed by atoms with Gasteiger partial charge in [0.05, 0.1) is 0 Å². The Morgan fingerprint density at radius 1 is 1.28 bits per heavy atom. The molecule has 18 heavy (non-hydrogen) atoms. The molecule has 3 unspecified atom stereocenters. The van der Waals surface area contributed by atoms with Crippen LogP contribution in [-0.4, -0.2) is 0 Å². The van der Waals surface area contributed by atoms with Crippen molar-refractivity contribution in [3.05, 3.63) is 57.8 Å². The van der Waals surface area contributed by atoms with Crippen LogP contribution < -0.4 is 11.1 Å². The number of benzene rings is 1. The van der Waals surface area contributed by atoms with Crippen LogP contribution in [0.4, 0.5) is 0 Å². The standard InChI is InChI=1S/C15H18N2S/c1-10(11-6-7-18-9-11)17-15-8-14(16)12-4-2-3-5-13(12)15/h2-7,9-10,14-15,17H,8,16H2,1H3. The van der Waals surface area contributed by atoms with E-state index in [-0.39, 0.29) is 6.04 Å². The highest BCUT2D eigenvalue weighted by Crippen LogP contribution is 2.38. The highest BCUT2D eigenvalue weighted by atomic mass is 32.1. The fourth-order valence-electron chi connectivity index (χ4n) is 2.75. The Bertz CT molecular complexity index is 521. The predicted octanol–water partition coefficient (Wildman–Crippen LogP) is 3.54. The molecule has 0 saturated carbocycles. The van der Waals surface area contributed by atoms with E-state index in [0.717, 1.165) is 6.42 Å². The van der Waals surface area contributed by atoms with Gasteiger partial charge in [0.25, 0.3) is 0 Å². The summed E-state index contributed by atoms with van der Waals surface area (Å²) in [5.41, 5.74) is 10.2. The lowest BCUT2D eigenvalue weighted by molar-refractivity contribution is 0.446. The maximum absolute atomic E-state index is 6.19. The fraction of sp³-hybridized carbons (Fsp3) is 0.333. The van der Waals surface area contributed by atoms with Crippen LogP contribution in [0.2, 0.25) is 0 Å². The third kappa shape index (κ3) is 2.09. The van der Waals surface area contributed by atoms with E-state index in [2.05, 4.69) is 53.3 Å². The molecule has 3 atom stereocenters. The Labute approximate surface area is 112 Å². The molecule has 0 spiro atoms. The zero-order valence-electron chi connectivity index (χ0n) is 10.5. The van der Waals surface area contributed by atoms with Gasteiger partial charge in [-0.2, -0.15) is 11.3 Å². The van der Waals surface area contributed by atoms with Crippen LogP contribution in [-0.2, 0) is 0 Å². The molecule has 3 heteroatoms. The monoisotopic (exact) mass is 258 g/mol. The van der Waals surface area contributed by atoms with Gasteiger partial charge in [0.2, 0.25) is 0 Å². The van der Waals surface area contributed by atoms with Gasteiger partial charge in [0.1, 0.15) is 0 Å². The molecular formula is C15H18N2S. The van der Waals surface area contributed by atoms with E-state index < -0.39 is 0 Å². The molecule has 3 rings (SSSR count). The van der Waals surface area contributed by atoms with E-state index in [1.807, 2.05) is 0 Å². The Morgan fingerprint density at radius 2 is 2.06 bits per heavy atom. The molecule has 1 aliphatic rings. The number of hydrogen-bond acceptors (Lipinski definition) is 3. The largest absolute Gasteiger partial charge is 0.324 e. The zero-order chi connectivity index (χ0) is 12.5. The van der Waals surface area contributed by atoms with Gasteiger partial charge < -0.3 is 11.1 Å². The van der Waals surface area contributed by atoms with E-state index in [1.54, 1.807) is 11.3 Å². The first kappa shape index (κ1) is 11.9. The average molecular weight is 258 g/mol. The first-order valence-electron chi connectivity index (χ1n) is 6.38. The van der Waals surface area contributed by atoms with Crippen LogP contribution in [0.5, 0.6) is 0 Å². The number of fused-ring (bicyclic) bond motifs is 1. The van der Waals surface area contributed by atoms with Crippen molar-refractivity contribution in [2.45, 2.75) is 31.5 Å². The Kier molecular flexibility index (Phi) is 3.20. The topological polar surface area (TPSA) is 38.0 Å². The van der Waals surface area contributed by atoms with Crippen molar-refractivity contribution in [2.75, 3.05) is 0 Å². The maximum atomic E-state index is 6.19. The summed E-state index contributed by atoms with van der Waals surface area (Å²) in [5.74, 6) is 0. The van der Waals surface area contributed by atoms with Crippen molar-refractivity contribution in [3.63, 3.8) is 0 Å². The van der Waals surface area contributed by atoms with Gasteiger partial charge >= 0.3 is 0 Å². The lowest BCUT2D eigenvalue weighted by Gasteiger charge is -2.19. The third-order valence-corrected chi connectivity index (χ3v) is 4.46. The van der Waals surface area contributed by atoms with Gasteiger partial charge in [-0.25, -0.2) is 0 Å². The van der Waals surface area contributed by atoms with Crippen LogP contribution in [0.15, 0.2) is 41.1 Å². The number of rotatable bonds is 3. The first-order valence-corrected chi connectivity index (χ1v) is 7.32. The number of nitrogens with two attached hydrogens (primary N) is 1. The molecule has 1 aliphatic carbocycles. The van der Waals surface area contributed by atoms with Crippen molar-refractivity contribution in [1.82, 2.24) is 5.32 Å². The van der Waals surface area contributed by atoms with Crippen molar-refractivity contribution in [2.24, 2.45) is 5.73 Å². The average Bonchev–Trinajstić information content (AvgIpc) is 3.00. The molecule has 1 aromatic heterocycles. The normalized spacial score (nSPS) is 23.9. The smallest absolute Gasteiger partial charge is 0.0347 e. The molecule has 0 bridgehead atoms. The van der Waals surface area contributed by atoms with Gasteiger partial charge in [0, 0.05) is 18.1 Å². The van der Waals surface area contributed by atoms with Gasteiger partial charge in [-0.15, -0.1) is 0 Å². The quantitative estimate of drug-likeness (QED) is 0.883. The molecule has 0 aliphatic heterocycles. The van der Waals surface area contributed by atoms with Gasteiger partial charge in [-0.1, -0.05) is 24.3 Å². The summed E-state index contributed by atoms with van der Waals surface area (Å²) in [5, 5.41) is 8.03. The van der Waals surface area contributed by atoms with Crippen molar-refractivity contribution in [3.8, 4) is 0 Å². The molecular weight excluding hydrogens is 240 g/mol. The second-order valence-corrected chi connectivity index (χ2v) is 5.75. The van der Waals surface area contributed by atoms with Crippen LogP contribution in [0.25, 0.3) is 0 Å². The lowest BCUT2D eigenvalue weighted by Crippen LogP contribution is -2.23. The summed E-state index contributed by atoms with van der Waals surface area (Å²) in [6.45, 7) is 2.22. The number of hydrogen-bond donors (Lipinski definition) is 2. The van der Waals surface area contributed by atoms with E-state index >= 15 is 0 Å². The van der Waals surface area contributed by atoms with Crippen LogP contribution >= 0.6 is 11.3 Å². The summed E-state index contributed by atoms with van der Waals surface area (Å²) in [7, 11) is 0. The molecule has 0 amide bonds. The van der Waals surface area contributed by atoms with E-state index in [0.29, 0.717) is 12.1 Å². The minimum absolute atomic E-state index is 0.174. The van der Waals surface area contributed by atoms with Crippen molar-refractivity contribution >= 4 is 11.3 Å². The van der Waals surface area contributed by atoms with E-state index in [1.165, 1.54) is 16.7 Å².